The van der Waals surface area contributed by atoms with Gasteiger partial charge in [-0.05, 0) is 36.4 Å². The Labute approximate surface area is 118 Å². The van der Waals surface area contributed by atoms with E-state index in [-0.39, 0.29) is 16.1 Å². The van der Waals surface area contributed by atoms with Gasteiger partial charge in [0.1, 0.15) is 6.07 Å². The number of nitrogens with one attached hydrogen (secondary N) is 1. The zero-order valence-electron chi connectivity index (χ0n) is 9.95. The van der Waals surface area contributed by atoms with Gasteiger partial charge in [-0.15, -0.1) is 0 Å². The molecule has 0 atom stereocenters. The molecule has 2 aromatic rings. The number of amides is 1. The number of nitriles is 1. The van der Waals surface area contributed by atoms with E-state index in [0.29, 0.717) is 5.69 Å². The first-order chi connectivity index (χ1) is 9.51. The van der Waals surface area contributed by atoms with Crippen molar-refractivity contribution in [1.82, 2.24) is 0 Å². The number of carbonyl (C=O) groups excluding carboxylic acids is 1. The summed E-state index contributed by atoms with van der Waals surface area (Å²) in [5.41, 5.74) is 0.602. The molecule has 6 heteroatoms. The third kappa shape index (κ3) is 2.92. The first-order valence-electron chi connectivity index (χ1n) is 5.47. The Morgan fingerprint density at radius 2 is 1.90 bits per heavy atom. The van der Waals surface area contributed by atoms with Crippen LogP contribution in [0.1, 0.15) is 15.9 Å². The average molecular weight is 293 g/mol. The number of nitrogens with zero attached hydrogens (tertiary/aromatic N) is 1. The Bertz CT molecular complexity index is 726. The summed E-state index contributed by atoms with van der Waals surface area (Å²) in [6.45, 7) is 0. The van der Waals surface area contributed by atoms with Crippen LogP contribution in [-0.4, -0.2) is 5.91 Å². The zero-order chi connectivity index (χ0) is 14.7. The van der Waals surface area contributed by atoms with Crippen LogP contribution < -0.4 is 5.32 Å². The van der Waals surface area contributed by atoms with Gasteiger partial charge < -0.3 is 5.32 Å². The van der Waals surface area contributed by atoms with Crippen molar-refractivity contribution in [1.29, 1.82) is 5.26 Å². The van der Waals surface area contributed by atoms with Gasteiger partial charge >= 0.3 is 0 Å². The van der Waals surface area contributed by atoms with Gasteiger partial charge in [-0.2, -0.15) is 5.26 Å². The molecule has 0 unspecified atom stereocenters. The predicted molar refractivity (Wildman–Crippen MR) is 70.5 cm³/mol. The molecular weight excluding hydrogens is 286 g/mol. The molecule has 0 aliphatic heterocycles. The Balaban J connectivity index is 2.21. The highest BCUT2D eigenvalue weighted by Crippen LogP contribution is 2.21. The van der Waals surface area contributed by atoms with Gasteiger partial charge in [-0.1, -0.05) is 11.6 Å². The molecule has 0 aromatic heterocycles. The maximum Gasteiger partial charge on any atom is 0.255 e. The number of rotatable bonds is 2. The summed E-state index contributed by atoms with van der Waals surface area (Å²) in [7, 11) is 0. The fourth-order valence-electron chi connectivity index (χ4n) is 1.52. The van der Waals surface area contributed by atoms with Crippen LogP contribution in [-0.2, 0) is 0 Å². The number of hydrogen-bond acceptors (Lipinski definition) is 2. The molecule has 0 saturated carbocycles. The predicted octanol–water partition coefficient (Wildman–Crippen LogP) is 3.74. The van der Waals surface area contributed by atoms with E-state index < -0.39 is 17.5 Å². The van der Waals surface area contributed by atoms with Gasteiger partial charge in [-0.25, -0.2) is 8.78 Å². The summed E-state index contributed by atoms with van der Waals surface area (Å²) in [5.74, 6) is -2.73. The fourth-order valence-corrected chi connectivity index (χ4v) is 1.75. The van der Waals surface area contributed by atoms with Crippen LogP contribution in [0.2, 0.25) is 5.02 Å². The van der Waals surface area contributed by atoms with Crippen LogP contribution in [0.3, 0.4) is 0 Å². The van der Waals surface area contributed by atoms with E-state index in [9.17, 15) is 13.6 Å². The smallest absolute Gasteiger partial charge is 0.255 e. The lowest BCUT2D eigenvalue weighted by Gasteiger charge is -2.06. The molecule has 0 radical (unpaired) electrons. The quantitative estimate of drug-likeness (QED) is 0.916. The van der Waals surface area contributed by atoms with Crippen LogP contribution >= 0.6 is 11.6 Å². The normalized spacial score (nSPS) is 9.90. The Morgan fingerprint density at radius 1 is 1.15 bits per heavy atom. The van der Waals surface area contributed by atoms with Gasteiger partial charge in [-0.3, -0.25) is 4.79 Å². The third-order valence-corrected chi connectivity index (χ3v) is 2.84. The van der Waals surface area contributed by atoms with Crippen molar-refractivity contribution in [3.63, 3.8) is 0 Å². The number of hydrogen-bond donors (Lipinski definition) is 1. The molecule has 0 saturated heterocycles. The largest absolute Gasteiger partial charge is 0.322 e. The summed E-state index contributed by atoms with van der Waals surface area (Å²) >= 11 is 5.82. The summed E-state index contributed by atoms with van der Waals surface area (Å²) in [6.07, 6.45) is 0. The second kappa shape index (κ2) is 5.68. The van der Waals surface area contributed by atoms with E-state index in [1.165, 1.54) is 24.3 Å². The lowest BCUT2D eigenvalue weighted by Crippen LogP contribution is -2.12. The van der Waals surface area contributed by atoms with E-state index >= 15 is 0 Å². The minimum atomic E-state index is -1.10. The van der Waals surface area contributed by atoms with Gasteiger partial charge in [0.25, 0.3) is 5.91 Å². The molecule has 0 fully saturated rings. The molecule has 2 rings (SSSR count). The van der Waals surface area contributed by atoms with Crippen molar-refractivity contribution >= 4 is 23.2 Å². The topological polar surface area (TPSA) is 52.9 Å². The van der Waals surface area contributed by atoms with Crippen LogP contribution in [0.25, 0.3) is 0 Å². The first kappa shape index (κ1) is 14.0. The van der Waals surface area contributed by atoms with Gasteiger partial charge in [0.2, 0.25) is 0 Å². The van der Waals surface area contributed by atoms with Crippen molar-refractivity contribution in [2.75, 3.05) is 5.32 Å². The second-order valence-corrected chi connectivity index (χ2v) is 4.30. The number of carbonyl (C=O) groups is 1. The lowest BCUT2D eigenvalue weighted by molar-refractivity contribution is 0.102. The highest BCUT2D eigenvalue weighted by Gasteiger charge is 2.10. The summed E-state index contributed by atoms with van der Waals surface area (Å²) in [6, 6.07) is 9.06. The molecular formula is C14H7ClF2N2O. The molecule has 0 aliphatic carbocycles. The number of halogens is 3. The average Bonchev–Trinajstić information content (AvgIpc) is 2.42. The molecule has 3 nitrogen and oxygen atoms in total. The van der Waals surface area contributed by atoms with Crippen molar-refractivity contribution < 1.29 is 13.6 Å². The van der Waals surface area contributed by atoms with E-state index in [1.807, 2.05) is 6.07 Å². The SMILES string of the molecule is N#Cc1ccc(NC(=O)c2ccc(F)c(F)c2)cc1Cl. The zero-order valence-corrected chi connectivity index (χ0v) is 10.7. The minimum absolute atomic E-state index is 0.0237. The Morgan fingerprint density at radius 3 is 2.50 bits per heavy atom. The number of benzene rings is 2. The minimum Gasteiger partial charge on any atom is -0.322 e. The lowest BCUT2D eigenvalue weighted by atomic mass is 10.2. The maximum atomic E-state index is 13.0. The van der Waals surface area contributed by atoms with E-state index in [0.717, 1.165) is 12.1 Å². The summed E-state index contributed by atoms with van der Waals surface area (Å²) in [5, 5.41) is 11.4. The van der Waals surface area contributed by atoms with Crippen LogP contribution in [0.4, 0.5) is 14.5 Å². The van der Waals surface area contributed by atoms with Crippen molar-refractivity contribution in [3.05, 3.63) is 64.2 Å². The van der Waals surface area contributed by atoms with Crippen molar-refractivity contribution in [3.8, 4) is 6.07 Å². The van der Waals surface area contributed by atoms with Crippen LogP contribution in [0, 0.1) is 23.0 Å². The molecule has 1 N–H and O–H groups in total. The molecule has 0 bridgehead atoms. The first-order valence-corrected chi connectivity index (χ1v) is 5.85. The van der Waals surface area contributed by atoms with Gasteiger partial charge in [0.05, 0.1) is 10.6 Å². The highest BCUT2D eigenvalue weighted by atomic mass is 35.5. The number of anilines is 1. The van der Waals surface area contributed by atoms with Crippen LogP contribution in [0.15, 0.2) is 36.4 Å². The third-order valence-electron chi connectivity index (χ3n) is 2.53. The summed E-state index contributed by atoms with van der Waals surface area (Å²) < 4.78 is 25.8. The summed E-state index contributed by atoms with van der Waals surface area (Å²) in [4.78, 5) is 11.8. The monoisotopic (exact) mass is 292 g/mol. The highest BCUT2D eigenvalue weighted by molar-refractivity contribution is 6.32. The van der Waals surface area contributed by atoms with E-state index in [2.05, 4.69) is 5.32 Å². The Hall–Kier alpha value is -2.45. The second-order valence-electron chi connectivity index (χ2n) is 3.89. The molecule has 1 amide bonds. The van der Waals surface area contributed by atoms with E-state index in [4.69, 9.17) is 16.9 Å². The molecule has 0 spiro atoms. The molecule has 0 heterocycles. The molecule has 20 heavy (non-hydrogen) atoms. The van der Waals surface area contributed by atoms with Gasteiger partial charge in [0, 0.05) is 11.3 Å². The maximum absolute atomic E-state index is 13.0. The van der Waals surface area contributed by atoms with Crippen LogP contribution in [0.5, 0.6) is 0 Å². The molecule has 2 aromatic carbocycles. The standard InChI is InChI=1S/C14H7ClF2N2O/c15-11-6-10(3-1-9(11)7-18)19-14(20)8-2-4-12(16)13(17)5-8/h1-6H,(H,19,20). The Kier molecular flexibility index (Phi) is 3.97. The molecule has 0 aliphatic rings. The van der Waals surface area contributed by atoms with Crippen molar-refractivity contribution in [2.24, 2.45) is 0 Å². The van der Waals surface area contributed by atoms with Crippen molar-refractivity contribution in [2.45, 2.75) is 0 Å². The van der Waals surface area contributed by atoms with E-state index in [1.54, 1.807) is 0 Å². The fraction of sp³-hybridized carbons (Fsp3) is 0. The van der Waals surface area contributed by atoms with Gasteiger partial charge in [0.15, 0.2) is 11.6 Å². The molecule has 100 valence electrons.